The van der Waals surface area contributed by atoms with E-state index in [0.717, 1.165) is 30.9 Å². The van der Waals surface area contributed by atoms with Gasteiger partial charge in [0.15, 0.2) is 0 Å². The van der Waals surface area contributed by atoms with Crippen LogP contribution in [-0.2, 0) is 17.6 Å². The van der Waals surface area contributed by atoms with Crippen molar-refractivity contribution in [3.63, 3.8) is 0 Å². The lowest BCUT2D eigenvalue weighted by molar-refractivity contribution is -1.02. The minimum absolute atomic E-state index is 0.0256. The van der Waals surface area contributed by atoms with Gasteiger partial charge >= 0.3 is 0 Å². The summed E-state index contributed by atoms with van der Waals surface area (Å²) in [7, 11) is 2.28. The molecule has 0 bridgehead atoms. The third-order valence-corrected chi connectivity index (χ3v) is 7.19. The van der Waals surface area contributed by atoms with Crippen LogP contribution in [-0.4, -0.2) is 44.1 Å². The molecule has 2 aliphatic rings. The number of carbonyl (C=O) groups excluding carboxylic acids is 1. The van der Waals surface area contributed by atoms with Crippen molar-refractivity contribution in [1.82, 2.24) is 4.98 Å². The summed E-state index contributed by atoms with van der Waals surface area (Å²) in [5.41, 5.74) is 4.14. The minimum Gasteiger partial charge on any atom is -0.328 e. The molecule has 0 saturated carbocycles. The monoisotopic (exact) mass is 386 g/mol. The van der Waals surface area contributed by atoms with Crippen LogP contribution < -0.4 is 15.1 Å². The molecule has 144 valence electrons. The fraction of sp³-hybridized carbons (Fsp3) is 0.524. The van der Waals surface area contributed by atoms with Crippen molar-refractivity contribution >= 4 is 22.2 Å². The van der Waals surface area contributed by atoms with Crippen LogP contribution in [0.5, 0.6) is 0 Å². The molecule has 1 unspecified atom stereocenters. The molecule has 0 spiro atoms. The van der Waals surface area contributed by atoms with Crippen LogP contribution in [0.1, 0.15) is 47.4 Å². The molecule has 0 radical (unpaired) electrons. The maximum Gasteiger partial charge on any atom is 0.221 e. The number of thiophene rings is 1. The molecular formula is C21H30N4OS+2. The number of piperazine rings is 1. The third kappa shape index (κ3) is 3.93. The zero-order valence-corrected chi connectivity index (χ0v) is 17.1. The number of fused-ring (bicyclic) bond motifs is 1. The fourth-order valence-electron chi connectivity index (χ4n) is 4.59. The molecule has 1 aliphatic carbocycles. The van der Waals surface area contributed by atoms with Gasteiger partial charge in [-0.25, -0.2) is 0 Å². The predicted octanol–water partition coefficient (Wildman–Crippen LogP) is 0.483. The first-order valence-electron chi connectivity index (χ1n) is 10.1. The Morgan fingerprint density at radius 2 is 2.00 bits per heavy atom. The Bertz CT molecular complexity index is 796. The number of pyridine rings is 1. The van der Waals surface area contributed by atoms with Gasteiger partial charge in [-0.3, -0.25) is 9.78 Å². The molecule has 0 aromatic carbocycles. The second-order valence-corrected chi connectivity index (χ2v) is 9.07. The average Bonchev–Trinajstić information content (AvgIpc) is 3.02. The third-order valence-electron chi connectivity index (χ3n) is 5.96. The fourth-order valence-corrected chi connectivity index (χ4v) is 5.96. The zero-order valence-electron chi connectivity index (χ0n) is 16.3. The summed E-state index contributed by atoms with van der Waals surface area (Å²) in [5, 5.41) is 4.24. The highest BCUT2D eigenvalue weighted by molar-refractivity contribution is 7.16. The van der Waals surface area contributed by atoms with E-state index in [1.807, 2.05) is 18.5 Å². The van der Waals surface area contributed by atoms with E-state index < -0.39 is 0 Å². The first-order chi connectivity index (χ1) is 13.1. The number of amides is 1. The molecule has 1 saturated heterocycles. The largest absolute Gasteiger partial charge is 0.328 e. The van der Waals surface area contributed by atoms with Gasteiger partial charge in [-0.1, -0.05) is 0 Å². The maximum atomic E-state index is 11.9. The number of aromatic nitrogens is 1. The van der Waals surface area contributed by atoms with Crippen LogP contribution in [0, 0.1) is 0 Å². The Morgan fingerprint density at radius 3 is 2.70 bits per heavy atom. The lowest BCUT2D eigenvalue weighted by atomic mass is 9.89. The van der Waals surface area contributed by atoms with Crippen molar-refractivity contribution in [3.05, 3.63) is 46.1 Å². The van der Waals surface area contributed by atoms with Crippen LogP contribution in [0.15, 0.2) is 24.5 Å². The highest BCUT2D eigenvalue weighted by atomic mass is 32.1. The highest BCUT2D eigenvalue weighted by Gasteiger charge is 2.36. The molecule has 27 heavy (non-hydrogen) atoms. The molecular weight excluding hydrogens is 356 g/mol. The number of hydrogen-bond donors (Lipinski definition) is 3. The first-order valence-corrected chi connectivity index (χ1v) is 10.9. The van der Waals surface area contributed by atoms with E-state index in [1.54, 1.807) is 28.1 Å². The molecule has 1 atom stereocenters. The van der Waals surface area contributed by atoms with Crippen LogP contribution in [0.3, 0.4) is 0 Å². The topological polar surface area (TPSA) is 50.9 Å². The molecule has 3 N–H and O–H groups in total. The lowest BCUT2D eigenvalue weighted by Crippen LogP contribution is -3.27. The van der Waals surface area contributed by atoms with Gasteiger partial charge in [0.2, 0.25) is 5.91 Å². The molecule has 2 aromatic rings. The van der Waals surface area contributed by atoms with Crippen molar-refractivity contribution < 1.29 is 14.6 Å². The van der Waals surface area contributed by atoms with Gasteiger partial charge in [0.1, 0.15) is 37.2 Å². The smallest absolute Gasteiger partial charge is 0.221 e. The molecule has 3 heterocycles. The predicted molar refractivity (Wildman–Crippen MR) is 109 cm³/mol. The van der Waals surface area contributed by atoms with Crippen molar-refractivity contribution in [2.45, 2.75) is 38.6 Å². The second-order valence-electron chi connectivity index (χ2n) is 7.97. The number of nitrogens with zero attached hydrogens (tertiary/aromatic N) is 1. The quantitative estimate of drug-likeness (QED) is 0.716. The molecule has 1 aliphatic heterocycles. The molecule has 2 aromatic heterocycles. The minimum atomic E-state index is 0.0256. The normalized spacial score (nSPS) is 23.5. The van der Waals surface area contributed by atoms with E-state index in [1.165, 1.54) is 47.5 Å². The Hall–Kier alpha value is -1.76. The molecule has 5 nitrogen and oxygen atoms in total. The number of likely N-dealkylation sites (N-methyl/N-ethyl adjacent to an activating group) is 1. The molecule has 4 rings (SSSR count). The maximum absolute atomic E-state index is 11.9. The van der Waals surface area contributed by atoms with Gasteiger partial charge in [0, 0.05) is 29.8 Å². The van der Waals surface area contributed by atoms with Gasteiger partial charge in [-0.05, 0) is 43.4 Å². The Labute approximate surface area is 165 Å². The van der Waals surface area contributed by atoms with Gasteiger partial charge in [-0.2, -0.15) is 0 Å². The number of carbonyl (C=O) groups is 1. The number of anilines is 1. The van der Waals surface area contributed by atoms with E-state index >= 15 is 0 Å². The van der Waals surface area contributed by atoms with Crippen molar-refractivity contribution in [2.75, 3.05) is 38.5 Å². The van der Waals surface area contributed by atoms with Crippen LogP contribution in [0.2, 0.25) is 0 Å². The summed E-state index contributed by atoms with van der Waals surface area (Å²) in [6.07, 6.45) is 8.66. The Balaban J connectivity index is 1.82. The van der Waals surface area contributed by atoms with Crippen molar-refractivity contribution in [3.8, 4) is 0 Å². The average molecular weight is 387 g/mol. The van der Waals surface area contributed by atoms with Crippen molar-refractivity contribution in [2.24, 2.45) is 0 Å². The van der Waals surface area contributed by atoms with Crippen molar-refractivity contribution in [1.29, 1.82) is 0 Å². The SMILES string of the molecule is CC(=O)Nc1sc2c(c1C(c1cccnc1)[NH+]1CC[NH+](C)CC1)CCCC2. The lowest BCUT2D eigenvalue weighted by Gasteiger charge is -2.34. The van der Waals surface area contributed by atoms with E-state index in [9.17, 15) is 4.79 Å². The van der Waals surface area contributed by atoms with E-state index in [-0.39, 0.29) is 11.9 Å². The summed E-state index contributed by atoms with van der Waals surface area (Å²) in [6.45, 7) is 6.29. The Morgan fingerprint density at radius 1 is 1.22 bits per heavy atom. The van der Waals surface area contributed by atoms with Gasteiger partial charge in [0.25, 0.3) is 0 Å². The molecule has 6 heteroatoms. The van der Waals surface area contributed by atoms with E-state index in [4.69, 9.17) is 0 Å². The van der Waals surface area contributed by atoms with E-state index in [0.29, 0.717) is 0 Å². The standard InChI is InChI=1S/C21H28N4OS/c1-15(26)23-21-19(17-7-3-4-8-18(17)27-21)20(16-6-5-9-22-14-16)25-12-10-24(2)11-13-25/h5-6,9,14,20H,3-4,7-8,10-13H2,1-2H3,(H,23,26)/p+2. The summed E-state index contributed by atoms with van der Waals surface area (Å²) >= 11 is 1.81. The number of rotatable bonds is 4. The zero-order chi connectivity index (χ0) is 18.8. The van der Waals surface area contributed by atoms with Gasteiger partial charge in [-0.15, -0.1) is 11.3 Å². The van der Waals surface area contributed by atoms with Crippen LogP contribution in [0.4, 0.5) is 5.00 Å². The summed E-state index contributed by atoms with van der Waals surface area (Å²) in [5.74, 6) is 0.0256. The van der Waals surface area contributed by atoms with E-state index in [2.05, 4.69) is 23.4 Å². The number of quaternary nitrogens is 2. The summed E-state index contributed by atoms with van der Waals surface area (Å²) in [4.78, 5) is 21.0. The van der Waals surface area contributed by atoms with Gasteiger partial charge < -0.3 is 15.1 Å². The number of hydrogen-bond acceptors (Lipinski definition) is 3. The molecule has 1 amide bonds. The summed E-state index contributed by atoms with van der Waals surface area (Å²) in [6, 6.07) is 4.51. The number of nitrogens with one attached hydrogen (secondary N) is 3. The molecule has 1 fully saturated rings. The highest BCUT2D eigenvalue weighted by Crippen LogP contribution is 2.42. The second kappa shape index (κ2) is 8.09. The first kappa shape index (κ1) is 18.6. The summed E-state index contributed by atoms with van der Waals surface area (Å²) < 4.78 is 0. The Kier molecular flexibility index (Phi) is 5.57. The van der Waals surface area contributed by atoms with Crippen LogP contribution >= 0.6 is 11.3 Å². The van der Waals surface area contributed by atoms with Crippen LogP contribution in [0.25, 0.3) is 0 Å². The van der Waals surface area contributed by atoms with Gasteiger partial charge in [0.05, 0.1) is 12.6 Å². The number of aryl methyl sites for hydroxylation is 1.